The number of ether oxygens (including phenoxy) is 1. The SMILES string of the molecule is CN(C)CCCOc1ncc(Br)cc1NS(=O)(=O)c1cc(Cl)cc(C(F)(F)F)c1. The predicted octanol–water partition coefficient (Wildman–Crippen LogP) is 4.65. The Kier molecular flexibility index (Phi) is 7.77. The largest absolute Gasteiger partial charge is 0.476 e. The molecule has 0 saturated heterocycles. The highest BCUT2D eigenvalue weighted by Gasteiger charge is 2.32. The first-order valence-corrected chi connectivity index (χ1v) is 10.9. The topological polar surface area (TPSA) is 71.5 Å². The molecule has 1 aromatic carbocycles. The zero-order valence-electron chi connectivity index (χ0n) is 15.4. The van der Waals surface area contributed by atoms with Gasteiger partial charge in [0, 0.05) is 22.2 Å². The van der Waals surface area contributed by atoms with Crippen molar-refractivity contribution in [1.82, 2.24) is 9.88 Å². The monoisotopic (exact) mass is 515 g/mol. The van der Waals surface area contributed by atoms with Crippen LogP contribution in [0.2, 0.25) is 5.02 Å². The Morgan fingerprint density at radius 1 is 1.24 bits per heavy atom. The number of hydrogen-bond donors (Lipinski definition) is 1. The molecule has 0 atom stereocenters. The molecule has 0 aliphatic heterocycles. The van der Waals surface area contributed by atoms with E-state index < -0.39 is 26.7 Å². The summed E-state index contributed by atoms with van der Waals surface area (Å²) in [6, 6.07) is 3.50. The molecule has 0 aliphatic rings. The first-order valence-electron chi connectivity index (χ1n) is 8.22. The van der Waals surface area contributed by atoms with Gasteiger partial charge in [-0.15, -0.1) is 0 Å². The predicted molar refractivity (Wildman–Crippen MR) is 108 cm³/mol. The van der Waals surface area contributed by atoms with Crippen LogP contribution in [0.25, 0.3) is 0 Å². The number of halogens is 5. The normalized spacial score (nSPS) is 12.3. The molecule has 2 aromatic rings. The quantitative estimate of drug-likeness (QED) is 0.517. The molecule has 6 nitrogen and oxygen atoms in total. The van der Waals surface area contributed by atoms with Gasteiger partial charge >= 0.3 is 6.18 Å². The van der Waals surface area contributed by atoms with Crippen molar-refractivity contribution < 1.29 is 26.3 Å². The third-order valence-corrected chi connectivity index (χ3v) is 5.56. The molecule has 1 N–H and O–H groups in total. The van der Waals surface area contributed by atoms with Gasteiger partial charge in [0.1, 0.15) is 5.69 Å². The lowest BCUT2D eigenvalue weighted by Gasteiger charge is -2.15. The molecule has 0 amide bonds. The number of sulfonamides is 1. The van der Waals surface area contributed by atoms with E-state index in [0.717, 1.165) is 12.6 Å². The third kappa shape index (κ3) is 7.02. The van der Waals surface area contributed by atoms with Crippen LogP contribution in [0.1, 0.15) is 12.0 Å². The van der Waals surface area contributed by atoms with Crippen LogP contribution in [0.15, 0.2) is 39.8 Å². The van der Waals surface area contributed by atoms with E-state index in [1.54, 1.807) is 0 Å². The van der Waals surface area contributed by atoms with Crippen molar-refractivity contribution in [3.63, 3.8) is 0 Å². The van der Waals surface area contributed by atoms with Crippen molar-refractivity contribution in [2.24, 2.45) is 0 Å². The molecule has 0 bridgehead atoms. The van der Waals surface area contributed by atoms with Gasteiger partial charge in [0.05, 0.1) is 17.1 Å². The van der Waals surface area contributed by atoms with Crippen molar-refractivity contribution in [3.05, 3.63) is 45.5 Å². The van der Waals surface area contributed by atoms with E-state index in [2.05, 4.69) is 25.6 Å². The van der Waals surface area contributed by atoms with Crippen LogP contribution in [0.3, 0.4) is 0 Å². The summed E-state index contributed by atoms with van der Waals surface area (Å²) >= 11 is 8.87. The van der Waals surface area contributed by atoms with Gasteiger partial charge in [0.15, 0.2) is 0 Å². The lowest BCUT2D eigenvalue weighted by atomic mass is 10.2. The molecular formula is C17H18BrClF3N3O3S. The average Bonchev–Trinajstić information content (AvgIpc) is 2.58. The molecule has 0 unspecified atom stereocenters. The maximum absolute atomic E-state index is 13.0. The summed E-state index contributed by atoms with van der Waals surface area (Å²) in [6.45, 7) is 1.03. The highest BCUT2D eigenvalue weighted by molar-refractivity contribution is 9.10. The van der Waals surface area contributed by atoms with Gasteiger partial charge in [-0.2, -0.15) is 13.2 Å². The molecule has 160 valence electrons. The summed E-state index contributed by atoms with van der Waals surface area (Å²) in [7, 11) is -0.585. The fraction of sp³-hybridized carbons (Fsp3) is 0.353. The Bertz CT molecular complexity index is 972. The lowest BCUT2D eigenvalue weighted by Crippen LogP contribution is -2.17. The fourth-order valence-electron chi connectivity index (χ4n) is 2.25. The van der Waals surface area contributed by atoms with Crippen molar-refractivity contribution in [2.75, 3.05) is 32.0 Å². The number of nitrogens with zero attached hydrogens (tertiary/aromatic N) is 2. The molecule has 12 heteroatoms. The van der Waals surface area contributed by atoms with Crippen molar-refractivity contribution >= 4 is 43.2 Å². The summed E-state index contributed by atoms with van der Waals surface area (Å²) < 4.78 is 72.5. The molecule has 2 rings (SSSR count). The van der Waals surface area contributed by atoms with E-state index in [4.69, 9.17) is 16.3 Å². The summed E-state index contributed by atoms with van der Waals surface area (Å²) in [5.74, 6) is 0.00797. The maximum atomic E-state index is 13.0. The highest BCUT2D eigenvalue weighted by Crippen LogP contribution is 2.34. The summed E-state index contributed by atoms with van der Waals surface area (Å²) in [5.41, 5.74) is -1.18. The molecule has 1 heterocycles. The summed E-state index contributed by atoms with van der Waals surface area (Å²) in [4.78, 5) is 5.36. The summed E-state index contributed by atoms with van der Waals surface area (Å²) in [5, 5.41) is -0.354. The average molecular weight is 517 g/mol. The number of pyridine rings is 1. The molecule has 0 aliphatic carbocycles. The number of alkyl halides is 3. The third-order valence-electron chi connectivity index (χ3n) is 3.56. The van der Waals surface area contributed by atoms with Crippen molar-refractivity contribution in [1.29, 1.82) is 0 Å². The Morgan fingerprint density at radius 3 is 2.55 bits per heavy atom. The molecular weight excluding hydrogens is 499 g/mol. The van der Waals surface area contributed by atoms with Crippen LogP contribution in [-0.4, -0.2) is 45.5 Å². The second-order valence-corrected chi connectivity index (χ2v) is 9.32. The minimum Gasteiger partial charge on any atom is -0.476 e. The second-order valence-electron chi connectivity index (χ2n) is 6.29. The van der Waals surface area contributed by atoms with Gasteiger partial charge in [-0.05, 0) is 60.7 Å². The zero-order valence-corrected chi connectivity index (χ0v) is 18.6. The minimum atomic E-state index is -4.74. The standard InChI is InChI=1S/C17H18BrClF3N3O3S/c1-25(2)4-3-5-28-16-15(8-12(18)10-23-16)24-29(26,27)14-7-11(17(20,21)22)6-13(19)9-14/h6-10,24H,3-5H2,1-2H3. The smallest absolute Gasteiger partial charge is 0.416 e. The number of hydrogen-bond acceptors (Lipinski definition) is 5. The molecule has 0 radical (unpaired) electrons. The molecule has 0 fully saturated rings. The molecule has 29 heavy (non-hydrogen) atoms. The van der Waals surface area contributed by atoms with E-state index in [1.165, 1.54) is 12.3 Å². The number of aromatic nitrogens is 1. The summed E-state index contributed by atoms with van der Waals surface area (Å²) in [6.07, 6.45) is -2.66. The van der Waals surface area contributed by atoms with E-state index >= 15 is 0 Å². The van der Waals surface area contributed by atoms with Crippen molar-refractivity contribution in [2.45, 2.75) is 17.5 Å². The van der Waals surface area contributed by atoms with Crippen molar-refractivity contribution in [3.8, 4) is 5.88 Å². The minimum absolute atomic E-state index is 0.00797. The lowest BCUT2D eigenvalue weighted by molar-refractivity contribution is -0.137. The van der Waals surface area contributed by atoms with Gasteiger partial charge in [0.2, 0.25) is 5.88 Å². The van der Waals surface area contributed by atoms with Crippen LogP contribution in [0.4, 0.5) is 18.9 Å². The van der Waals surface area contributed by atoms with Gasteiger partial charge < -0.3 is 9.64 Å². The Balaban J connectivity index is 2.30. The molecule has 0 spiro atoms. The van der Waals surface area contributed by atoms with Crippen LogP contribution in [0, 0.1) is 0 Å². The number of benzene rings is 1. The molecule has 1 aromatic heterocycles. The van der Waals surface area contributed by atoms with Crippen LogP contribution in [0.5, 0.6) is 5.88 Å². The van der Waals surface area contributed by atoms with Crippen LogP contribution >= 0.6 is 27.5 Å². The van der Waals surface area contributed by atoms with E-state index in [0.29, 0.717) is 23.0 Å². The van der Waals surface area contributed by atoms with Gasteiger partial charge in [0.25, 0.3) is 10.0 Å². The Hall–Kier alpha value is -1.56. The van der Waals surface area contributed by atoms with Gasteiger partial charge in [-0.25, -0.2) is 13.4 Å². The van der Waals surface area contributed by atoms with Crippen LogP contribution in [-0.2, 0) is 16.2 Å². The van der Waals surface area contributed by atoms with E-state index in [9.17, 15) is 21.6 Å². The fourth-order valence-corrected chi connectivity index (χ4v) is 4.00. The van der Waals surface area contributed by atoms with E-state index in [-0.39, 0.29) is 23.2 Å². The Labute approximate surface area is 180 Å². The van der Waals surface area contributed by atoms with Gasteiger partial charge in [-0.3, -0.25) is 4.72 Å². The van der Waals surface area contributed by atoms with Crippen LogP contribution < -0.4 is 9.46 Å². The zero-order chi connectivity index (χ0) is 21.8. The second kappa shape index (κ2) is 9.50. The highest BCUT2D eigenvalue weighted by atomic mass is 79.9. The Morgan fingerprint density at radius 2 is 1.93 bits per heavy atom. The van der Waals surface area contributed by atoms with E-state index in [1.807, 2.05) is 19.0 Å². The first-order chi connectivity index (χ1) is 13.4. The maximum Gasteiger partial charge on any atom is 0.416 e. The number of nitrogens with one attached hydrogen (secondary N) is 1. The number of anilines is 1. The molecule has 0 saturated carbocycles. The number of rotatable bonds is 8. The van der Waals surface area contributed by atoms with Gasteiger partial charge in [-0.1, -0.05) is 11.6 Å². The first kappa shape index (κ1) is 23.7.